The normalized spacial score (nSPS) is 14.8. The van der Waals surface area contributed by atoms with E-state index in [2.05, 4.69) is 15.6 Å². The van der Waals surface area contributed by atoms with Gasteiger partial charge in [-0.1, -0.05) is 13.0 Å². The lowest BCUT2D eigenvalue weighted by Crippen LogP contribution is -2.40. The highest BCUT2D eigenvalue weighted by molar-refractivity contribution is 14.0. The van der Waals surface area contributed by atoms with Crippen LogP contribution in [0.1, 0.15) is 37.8 Å². The number of rotatable bonds is 7. The van der Waals surface area contributed by atoms with Crippen molar-refractivity contribution in [1.82, 2.24) is 10.6 Å². The molecule has 0 radical (unpaired) electrons. The van der Waals surface area contributed by atoms with Gasteiger partial charge in [-0.3, -0.25) is 0 Å². The average Bonchev–Trinajstić information content (AvgIpc) is 3.12. The highest BCUT2D eigenvalue weighted by Crippen LogP contribution is 2.23. The van der Waals surface area contributed by atoms with Gasteiger partial charge in [-0.05, 0) is 47.9 Å². The second kappa shape index (κ2) is 10.9. The van der Waals surface area contributed by atoms with Crippen molar-refractivity contribution in [3.05, 3.63) is 57.8 Å². The van der Waals surface area contributed by atoms with E-state index >= 15 is 0 Å². The number of thiophene rings is 1. The second-order valence-electron chi connectivity index (χ2n) is 6.43. The van der Waals surface area contributed by atoms with Crippen LogP contribution in [-0.2, 0) is 5.60 Å². The SMILES string of the molecule is CCNC(=NCC(C)(O)c1ccsc1)NCC(C)c1ccc(F)cc1F.I. The lowest BCUT2D eigenvalue weighted by Gasteiger charge is -2.22. The van der Waals surface area contributed by atoms with Gasteiger partial charge in [-0.25, -0.2) is 13.8 Å². The summed E-state index contributed by atoms with van der Waals surface area (Å²) in [5, 5.41) is 20.6. The molecule has 0 saturated carbocycles. The molecule has 1 aromatic heterocycles. The van der Waals surface area contributed by atoms with E-state index < -0.39 is 17.2 Å². The van der Waals surface area contributed by atoms with E-state index in [-0.39, 0.29) is 36.4 Å². The molecule has 0 spiro atoms. The molecule has 27 heavy (non-hydrogen) atoms. The molecule has 8 heteroatoms. The number of hydrogen-bond donors (Lipinski definition) is 3. The van der Waals surface area contributed by atoms with E-state index in [4.69, 9.17) is 0 Å². The minimum atomic E-state index is -1.06. The second-order valence-corrected chi connectivity index (χ2v) is 7.21. The standard InChI is InChI=1S/C19H25F2N3OS.HI/c1-4-22-18(24-12-19(3,25)14-7-8-26-11-14)23-10-13(2)16-6-5-15(20)9-17(16)21;/h5-9,11,13,25H,4,10,12H2,1-3H3,(H2,22,23,24);1H. The highest BCUT2D eigenvalue weighted by Gasteiger charge is 2.23. The van der Waals surface area contributed by atoms with Crippen LogP contribution in [0.4, 0.5) is 8.78 Å². The summed E-state index contributed by atoms with van der Waals surface area (Å²) in [4.78, 5) is 4.44. The van der Waals surface area contributed by atoms with E-state index in [0.29, 0.717) is 24.6 Å². The van der Waals surface area contributed by atoms with E-state index in [1.807, 2.05) is 30.7 Å². The molecule has 0 amide bonds. The van der Waals surface area contributed by atoms with Crippen LogP contribution >= 0.6 is 35.3 Å². The molecule has 0 bridgehead atoms. The Morgan fingerprint density at radius 3 is 2.63 bits per heavy atom. The minimum absolute atomic E-state index is 0. The predicted octanol–water partition coefficient (Wildman–Crippen LogP) is 4.21. The number of aliphatic hydroxyl groups is 1. The minimum Gasteiger partial charge on any atom is -0.383 e. The first-order valence-electron chi connectivity index (χ1n) is 8.55. The fraction of sp³-hybridized carbons (Fsp3) is 0.421. The van der Waals surface area contributed by atoms with Gasteiger partial charge in [-0.2, -0.15) is 11.3 Å². The zero-order chi connectivity index (χ0) is 19.2. The first-order valence-corrected chi connectivity index (χ1v) is 9.50. The number of halogens is 3. The zero-order valence-corrected chi connectivity index (χ0v) is 18.8. The number of aliphatic imine (C=N–C) groups is 1. The summed E-state index contributed by atoms with van der Waals surface area (Å²) in [6.07, 6.45) is 0. The fourth-order valence-electron chi connectivity index (χ4n) is 2.50. The lowest BCUT2D eigenvalue weighted by molar-refractivity contribution is 0.0677. The summed E-state index contributed by atoms with van der Waals surface area (Å²) in [5.41, 5.74) is 0.209. The van der Waals surface area contributed by atoms with Gasteiger partial charge in [0.05, 0.1) is 6.54 Å². The molecule has 3 N–H and O–H groups in total. The van der Waals surface area contributed by atoms with Gasteiger partial charge in [0.15, 0.2) is 5.96 Å². The molecule has 2 unspecified atom stereocenters. The van der Waals surface area contributed by atoms with Crippen LogP contribution in [0, 0.1) is 11.6 Å². The number of nitrogens with one attached hydrogen (secondary N) is 2. The molecule has 0 saturated heterocycles. The molecule has 2 rings (SSSR count). The maximum Gasteiger partial charge on any atom is 0.191 e. The van der Waals surface area contributed by atoms with Gasteiger partial charge in [0, 0.05) is 25.1 Å². The fourth-order valence-corrected chi connectivity index (χ4v) is 3.28. The molecule has 1 heterocycles. The maximum absolute atomic E-state index is 13.9. The number of benzene rings is 1. The van der Waals surface area contributed by atoms with Crippen LogP contribution in [0.2, 0.25) is 0 Å². The molecule has 0 fully saturated rings. The van der Waals surface area contributed by atoms with Crippen molar-refractivity contribution in [2.75, 3.05) is 19.6 Å². The van der Waals surface area contributed by atoms with Crippen LogP contribution in [0.15, 0.2) is 40.0 Å². The highest BCUT2D eigenvalue weighted by atomic mass is 127. The molecular weight excluding hydrogens is 483 g/mol. The first kappa shape index (κ1) is 23.8. The topological polar surface area (TPSA) is 56.7 Å². The van der Waals surface area contributed by atoms with Gasteiger partial charge in [-0.15, -0.1) is 24.0 Å². The Balaban J connectivity index is 0.00000364. The molecule has 1 aromatic carbocycles. The third-order valence-electron chi connectivity index (χ3n) is 4.10. The van der Waals surface area contributed by atoms with Crippen LogP contribution in [0.25, 0.3) is 0 Å². The summed E-state index contributed by atoms with van der Waals surface area (Å²) < 4.78 is 26.9. The van der Waals surface area contributed by atoms with Gasteiger partial charge in [0.1, 0.15) is 17.2 Å². The molecule has 0 aliphatic rings. The summed E-state index contributed by atoms with van der Waals surface area (Å²) >= 11 is 1.52. The third kappa shape index (κ3) is 7.00. The maximum atomic E-state index is 13.9. The van der Waals surface area contributed by atoms with Crippen LogP contribution in [0.5, 0.6) is 0 Å². The average molecular weight is 509 g/mol. The first-order chi connectivity index (χ1) is 12.3. The Morgan fingerprint density at radius 1 is 1.30 bits per heavy atom. The van der Waals surface area contributed by atoms with Gasteiger partial charge < -0.3 is 15.7 Å². The van der Waals surface area contributed by atoms with Crippen LogP contribution in [-0.4, -0.2) is 30.7 Å². The van der Waals surface area contributed by atoms with Crippen LogP contribution in [0.3, 0.4) is 0 Å². The zero-order valence-electron chi connectivity index (χ0n) is 15.6. The van der Waals surface area contributed by atoms with Gasteiger partial charge in [0.2, 0.25) is 0 Å². The Kier molecular flexibility index (Phi) is 9.61. The molecule has 4 nitrogen and oxygen atoms in total. The monoisotopic (exact) mass is 509 g/mol. The largest absolute Gasteiger partial charge is 0.383 e. The van der Waals surface area contributed by atoms with Crippen molar-refractivity contribution in [3.63, 3.8) is 0 Å². The van der Waals surface area contributed by atoms with E-state index in [9.17, 15) is 13.9 Å². The third-order valence-corrected chi connectivity index (χ3v) is 4.78. The van der Waals surface area contributed by atoms with Crippen molar-refractivity contribution in [3.8, 4) is 0 Å². The smallest absolute Gasteiger partial charge is 0.191 e. The van der Waals surface area contributed by atoms with Crippen molar-refractivity contribution >= 4 is 41.3 Å². The molecule has 2 aromatic rings. The summed E-state index contributed by atoms with van der Waals surface area (Å²) in [6.45, 7) is 6.80. The molecule has 2 atom stereocenters. The Morgan fingerprint density at radius 2 is 2.04 bits per heavy atom. The van der Waals surface area contributed by atoms with Gasteiger partial charge >= 0.3 is 0 Å². The predicted molar refractivity (Wildman–Crippen MR) is 118 cm³/mol. The molecule has 0 aliphatic heterocycles. The number of nitrogens with zero attached hydrogens (tertiary/aromatic N) is 1. The van der Waals surface area contributed by atoms with E-state index in [0.717, 1.165) is 11.6 Å². The van der Waals surface area contributed by atoms with E-state index in [1.54, 1.807) is 6.92 Å². The van der Waals surface area contributed by atoms with Gasteiger partial charge in [0.25, 0.3) is 0 Å². The van der Waals surface area contributed by atoms with Crippen molar-refractivity contribution in [1.29, 1.82) is 0 Å². The summed E-state index contributed by atoms with van der Waals surface area (Å²) in [5.74, 6) is -0.771. The summed E-state index contributed by atoms with van der Waals surface area (Å²) in [6, 6.07) is 5.48. The number of guanidine groups is 1. The lowest BCUT2D eigenvalue weighted by atomic mass is 10.00. The quantitative estimate of drug-likeness (QED) is 0.298. The Bertz CT molecular complexity index is 739. The van der Waals surface area contributed by atoms with E-state index in [1.165, 1.54) is 23.5 Å². The van der Waals surface area contributed by atoms with Crippen LogP contribution < -0.4 is 10.6 Å². The molecule has 0 aliphatic carbocycles. The molecular formula is C19H26F2IN3OS. The Labute approximate surface area is 180 Å². The van der Waals surface area contributed by atoms with Crippen molar-refractivity contribution < 1.29 is 13.9 Å². The number of hydrogen-bond acceptors (Lipinski definition) is 3. The van der Waals surface area contributed by atoms with Crippen molar-refractivity contribution in [2.24, 2.45) is 4.99 Å². The van der Waals surface area contributed by atoms with Crippen molar-refractivity contribution in [2.45, 2.75) is 32.3 Å². The Hall–Kier alpha value is -1.26. The summed E-state index contributed by atoms with van der Waals surface area (Å²) in [7, 11) is 0. The molecule has 150 valence electrons.